The largest absolute Gasteiger partial charge is 0.363 e. The van der Waals surface area contributed by atoms with Crippen LogP contribution in [0.3, 0.4) is 0 Å². The maximum atomic E-state index is 12.0. The Kier molecular flexibility index (Phi) is 3.39. The molecule has 0 radical (unpaired) electrons. The van der Waals surface area contributed by atoms with E-state index in [1.807, 2.05) is 33.8 Å². The summed E-state index contributed by atoms with van der Waals surface area (Å²) in [5, 5.41) is 2.86. The fraction of sp³-hybridized carbons (Fsp3) is 0.571. The molecule has 1 aliphatic heterocycles. The summed E-state index contributed by atoms with van der Waals surface area (Å²) >= 11 is 0. The van der Waals surface area contributed by atoms with E-state index >= 15 is 0 Å². The molecule has 18 heavy (non-hydrogen) atoms. The summed E-state index contributed by atoms with van der Waals surface area (Å²) < 4.78 is 5.70. The van der Waals surface area contributed by atoms with Gasteiger partial charge in [0.2, 0.25) is 0 Å². The predicted octanol–water partition coefficient (Wildman–Crippen LogP) is 2.59. The van der Waals surface area contributed by atoms with E-state index in [9.17, 15) is 4.79 Å². The zero-order chi connectivity index (χ0) is 13.3. The van der Waals surface area contributed by atoms with Crippen molar-refractivity contribution in [2.24, 2.45) is 0 Å². The lowest BCUT2D eigenvalue weighted by Gasteiger charge is -2.18. The zero-order valence-electron chi connectivity index (χ0n) is 11.4. The van der Waals surface area contributed by atoms with E-state index in [0.29, 0.717) is 0 Å². The van der Waals surface area contributed by atoms with Gasteiger partial charge in [0.25, 0.3) is 5.91 Å². The summed E-state index contributed by atoms with van der Waals surface area (Å²) in [4.78, 5) is 16.3. The number of anilines is 1. The van der Waals surface area contributed by atoms with Crippen LogP contribution < -0.4 is 5.32 Å². The van der Waals surface area contributed by atoms with Crippen LogP contribution in [0.2, 0.25) is 0 Å². The molecule has 1 fully saturated rings. The Hall–Kier alpha value is -1.42. The fourth-order valence-electron chi connectivity index (χ4n) is 2.10. The van der Waals surface area contributed by atoms with Gasteiger partial charge in [-0.3, -0.25) is 9.78 Å². The van der Waals surface area contributed by atoms with Crippen molar-refractivity contribution in [2.45, 2.75) is 52.2 Å². The van der Waals surface area contributed by atoms with Gasteiger partial charge in [0.1, 0.15) is 6.10 Å². The average Bonchev–Trinajstić information content (AvgIpc) is 2.64. The number of aromatic nitrogens is 1. The van der Waals surface area contributed by atoms with Crippen molar-refractivity contribution in [3.8, 4) is 0 Å². The monoisotopic (exact) mass is 248 g/mol. The minimum atomic E-state index is -0.346. The average molecular weight is 248 g/mol. The number of pyridine rings is 1. The fourth-order valence-corrected chi connectivity index (χ4v) is 2.10. The highest BCUT2D eigenvalue weighted by Gasteiger charge is 2.35. The first-order valence-electron chi connectivity index (χ1n) is 6.29. The van der Waals surface area contributed by atoms with Crippen LogP contribution in [0.15, 0.2) is 12.3 Å². The number of carbonyl (C=O) groups is 1. The van der Waals surface area contributed by atoms with Crippen molar-refractivity contribution < 1.29 is 9.53 Å². The second-order valence-corrected chi connectivity index (χ2v) is 5.52. The summed E-state index contributed by atoms with van der Waals surface area (Å²) in [7, 11) is 0. The quantitative estimate of drug-likeness (QED) is 0.875. The van der Waals surface area contributed by atoms with Gasteiger partial charge >= 0.3 is 0 Å². The Morgan fingerprint density at radius 3 is 2.78 bits per heavy atom. The number of ether oxygens (including phenoxy) is 1. The highest BCUT2D eigenvalue weighted by atomic mass is 16.5. The molecule has 0 saturated carbocycles. The number of aryl methyl sites for hydroxylation is 2. The first kappa shape index (κ1) is 13.0. The number of amides is 1. The lowest BCUT2D eigenvalue weighted by Crippen LogP contribution is -2.30. The molecular formula is C14H20N2O2. The van der Waals surface area contributed by atoms with Gasteiger partial charge in [0.05, 0.1) is 17.5 Å². The van der Waals surface area contributed by atoms with Gasteiger partial charge in [-0.1, -0.05) is 0 Å². The highest BCUT2D eigenvalue weighted by molar-refractivity contribution is 5.94. The number of rotatable bonds is 2. The maximum Gasteiger partial charge on any atom is 0.253 e. The molecule has 0 bridgehead atoms. The zero-order valence-corrected chi connectivity index (χ0v) is 11.4. The molecule has 98 valence electrons. The van der Waals surface area contributed by atoms with Crippen LogP contribution in [0, 0.1) is 13.8 Å². The Balaban J connectivity index is 2.01. The van der Waals surface area contributed by atoms with Crippen LogP contribution in [0.1, 0.15) is 37.9 Å². The number of nitrogens with one attached hydrogen (secondary N) is 1. The summed E-state index contributed by atoms with van der Waals surface area (Å²) in [6.07, 6.45) is 3.02. The molecule has 0 aliphatic carbocycles. The lowest BCUT2D eigenvalue weighted by molar-refractivity contribution is -0.129. The molecule has 1 unspecified atom stereocenters. The van der Waals surface area contributed by atoms with Crippen LogP contribution >= 0.6 is 0 Å². The molecule has 1 saturated heterocycles. The molecule has 1 aromatic heterocycles. The molecule has 4 heteroatoms. The predicted molar refractivity (Wildman–Crippen MR) is 70.5 cm³/mol. The standard InChI is InChI=1S/C14H20N2O2/c1-9-7-11(8-15-10(9)2)16-13(17)12-5-6-14(3,4)18-12/h7-8,12H,5-6H2,1-4H3,(H,16,17). The van der Waals surface area contributed by atoms with Crippen molar-refractivity contribution in [3.63, 3.8) is 0 Å². The Labute approximate surface area is 108 Å². The Morgan fingerprint density at radius 2 is 2.22 bits per heavy atom. The number of nitrogens with zero attached hydrogens (tertiary/aromatic N) is 1. The molecule has 1 atom stereocenters. The van der Waals surface area contributed by atoms with Crippen LogP contribution in [0.25, 0.3) is 0 Å². The highest BCUT2D eigenvalue weighted by Crippen LogP contribution is 2.29. The van der Waals surface area contributed by atoms with Crippen molar-refractivity contribution in [1.82, 2.24) is 4.98 Å². The second kappa shape index (κ2) is 4.69. The lowest BCUT2D eigenvalue weighted by atomic mass is 10.1. The summed E-state index contributed by atoms with van der Waals surface area (Å²) in [6.45, 7) is 7.95. The summed E-state index contributed by atoms with van der Waals surface area (Å²) in [6, 6.07) is 1.93. The van der Waals surface area contributed by atoms with E-state index in [-0.39, 0.29) is 17.6 Å². The minimum Gasteiger partial charge on any atom is -0.363 e. The van der Waals surface area contributed by atoms with E-state index in [1.54, 1.807) is 6.20 Å². The van der Waals surface area contributed by atoms with E-state index in [2.05, 4.69) is 10.3 Å². The molecule has 1 aromatic rings. The molecule has 4 nitrogen and oxygen atoms in total. The Bertz CT molecular complexity index is 469. The van der Waals surface area contributed by atoms with Crippen LogP contribution in [0.5, 0.6) is 0 Å². The van der Waals surface area contributed by atoms with Gasteiger partial charge in [-0.25, -0.2) is 0 Å². The van der Waals surface area contributed by atoms with Gasteiger partial charge in [0.15, 0.2) is 0 Å². The molecule has 1 amide bonds. The summed E-state index contributed by atoms with van der Waals surface area (Å²) in [5.74, 6) is -0.0781. The number of carbonyl (C=O) groups excluding carboxylic acids is 1. The number of hydrogen-bond donors (Lipinski definition) is 1. The van der Waals surface area contributed by atoms with Crippen molar-refractivity contribution in [3.05, 3.63) is 23.5 Å². The van der Waals surface area contributed by atoms with Crippen LogP contribution in [-0.4, -0.2) is 22.6 Å². The van der Waals surface area contributed by atoms with E-state index in [0.717, 1.165) is 29.8 Å². The van der Waals surface area contributed by atoms with E-state index < -0.39 is 0 Å². The molecule has 0 spiro atoms. The third-order valence-electron chi connectivity index (χ3n) is 3.37. The van der Waals surface area contributed by atoms with E-state index in [1.165, 1.54) is 0 Å². The van der Waals surface area contributed by atoms with Crippen molar-refractivity contribution in [1.29, 1.82) is 0 Å². The number of hydrogen-bond acceptors (Lipinski definition) is 3. The smallest absolute Gasteiger partial charge is 0.253 e. The molecule has 2 rings (SSSR count). The summed E-state index contributed by atoms with van der Waals surface area (Å²) in [5.41, 5.74) is 2.59. The van der Waals surface area contributed by atoms with Gasteiger partial charge in [-0.15, -0.1) is 0 Å². The third kappa shape index (κ3) is 2.88. The maximum absolute atomic E-state index is 12.0. The first-order chi connectivity index (χ1) is 8.37. The Morgan fingerprint density at radius 1 is 1.50 bits per heavy atom. The van der Waals surface area contributed by atoms with Gasteiger partial charge in [0, 0.05) is 5.69 Å². The molecule has 2 heterocycles. The molecule has 1 aliphatic rings. The van der Waals surface area contributed by atoms with E-state index in [4.69, 9.17) is 4.74 Å². The van der Waals surface area contributed by atoms with Crippen LogP contribution in [0.4, 0.5) is 5.69 Å². The molecule has 1 N–H and O–H groups in total. The van der Waals surface area contributed by atoms with Gasteiger partial charge < -0.3 is 10.1 Å². The topological polar surface area (TPSA) is 51.2 Å². The molecular weight excluding hydrogens is 228 g/mol. The van der Waals surface area contributed by atoms with Crippen molar-refractivity contribution in [2.75, 3.05) is 5.32 Å². The minimum absolute atomic E-state index is 0.0781. The van der Waals surface area contributed by atoms with Crippen molar-refractivity contribution >= 4 is 11.6 Å². The van der Waals surface area contributed by atoms with Gasteiger partial charge in [-0.05, 0) is 52.2 Å². The van der Waals surface area contributed by atoms with Gasteiger partial charge in [-0.2, -0.15) is 0 Å². The van der Waals surface area contributed by atoms with Crippen LogP contribution in [-0.2, 0) is 9.53 Å². The normalized spacial score (nSPS) is 21.9. The first-order valence-corrected chi connectivity index (χ1v) is 6.29. The third-order valence-corrected chi connectivity index (χ3v) is 3.37. The molecule has 0 aromatic carbocycles. The second-order valence-electron chi connectivity index (χ2n) is 5.52. The SMILES string of the molecule is Cc1cc(NC(=O)C2CCC(C)(C)O2)cnc1C.